The summed E-state index contributed by atoms with van der Waals surface area (Å²) in [6.07, 6.45) is 0.948. The molecule has 0 atom stereocenters. The molecule has 0 saturated carbocycles. The number of halogens is 4. The largest absolute Gasteiger partial charge is 0.416 e. The van der Waals surface area contributed by atoms with Crippen molar-refractivity contribution in [2.24, 2.45) is 0 Å². The van der Waals surface area contributed by atoms with Crippen molar-refractivity contribution >= 4 is 23.2 Å². The Morgan fingerprint density at radius 2 is 1.86 bits per heavy atom. The zero-order chi connectivity index (χ0) is 20.1. The molecule has 2 aromatic rings. The highest BCUT2D eigenvalue weighted by molar-refractivity contribution is 6.33. The van der Waals surface area contributed by atoms with Crippen molar-refractivity contribution in [1.29, 1.82) is 0 Å². The Morgan fingerprint density at radius 1 is 1.14 bits per heavy atom. The lowest BCUT2D eigenvalue weighted by Gasteiger charge is -2.34. The summed E-state index contributed by atoms with van der Waals surface area (Å²) in [6, 6.07) is 2.88. The number of nitrogens with one attached hydrogen (secondary N) is 1. The van der Waals surface area contributed by atoms with Gasteiger partial charge in [-0.15, -0.1) is 0 Å². The van der Waals surface area contributed by atoms with Crippen molar-refractivity contribution in [2.75, 3.05) is 44.6 Å². The number of piperazine rings is 1. The predicted octanol–water partition coefficient (Wildman–Crippen LogP) is 2.81. The lowest BCUT2D eigenvalue weighted by molar-refractivity contribution is -0.137. The SMILES string of the molecule is O=C(CN1CCN(CCn2ccnc2)CC1)Nc1cc(C(F)(F)F)ccc1Cl. The van der Waals surface area contributed by atoms with Crippen LogP contribution < -0.4 is 5.32 Å². The minimum Gasteiger partial charge on any atom is -0.336 e. The van der Waals surface area contributed by atoms with Crippen LogP contribution in [0, 0.1) is 0 Å². The van der Waals surface area contributed by atoms with Crippen LogP contribution in [0.3, 0.4) is 0 Å². The van der Waals surface area contributed by atoms with E-state index in [4.69, 9.17) is 11.6 Å². The molecule has 1 amide bonds. The van der Waals surface area contributed by atoms with Crippen molar-refractivity contribution in [3.8, 4) is 0 Å². The topological polar surface area (TPSA) is 53.4 Å². The van der Waals surface area contributed by atoms with E-state index in [-0.39, 0.29) is 23.2 Å². The Kier molecular flexibility index (Phi) is 6.58. The summed E-state index contributed by atoms with van der Waals surface area (Å²) >= 11 is 5.92. The first-order valence-electron chi connectivity index (χ1n) is 8.88. The molecule has 1 aliphatic heterocycles. The van der Waals surface area contributed by atoms with E-state index in [9.17, 15) is 18.0 Å². The van der Waals surface area contributed by atoms with Gasteiger partial charge in [0, 0.05) is 51.7 Å². The molecule has 1 aliphatic rings. The number of rotatable bonds is 6. The molecule has 3 rings (SSSR count). The van der Waals surface area contributed by atoms with Crippen LogP contribution in [0.1, 0.15) is 5.56 Å². The summed E-state index contributed by atoms with van der Waals surface area (Å²) in [5.74, 6) is -0.381. The molecule has 10 heteroatoms. The molecule has 0 spiro atoms. The molecule has 1 aromatic heterocycles. The second kappa shape index (κ2) is 8.93. The first-order chi connectivity index (χ1) is 13.3. The van der Waals surface area contributed by atoms with E-state index in [1.54, 1.807) is 12.5 Å². The predicted molar refractivity (Wildman–Crippen MR) is 100 cm³/mol. The van der Waals surface area contributed by atoms with Gasteiger partial charge in [0.2, 0.25) is 5.91 Å². The maximum absolute atomic E-state index is 12.8. The van der Waals surface area contributed by atoms with Gasteiger partial charge in [0.1, 0.15) is 0 Å². The maximum Gasteiger partial charge on any atom is 0.416 e. The number of hydrogen-bond donors (Lipinski definition) is 1. The number of hydrogen-bond acceptors (Lipinski definition) is 4. The molecule has 152 valence electrons. The Morgan fingerprint density at radius 3 is 2.50 bits per heavy atom. The minimum atomic E-state index is -4.49. The lowest BCUT2D eigenvalue weighted by Crippen LogP contribution is -2.49. The number of aromatic nitrogens is 2. The number of anilines is 1. The van der Waals surface area contributed by atoms with Crippen LogP contribution >= 0.6 is 11.6 Å². The van der Waals surface area contributed by atoms with E-state index < -0.39 is 11.7 Å². The lowest BCUT2D eigenvalue weighted by atomic mass is 10.2. The zero-order valence-corrected chi connectivity index (χ0v) is 15.9. The van der Waals surface area contributed by atoms with Crippen molar-refractivity contribution in [2.45, 2.75) is 12.7 Å². The molecule has 1 aromatic carbocycles. The summed E-state index contributed by atoms with van der Waals surface area (Å²) in [4.78, 5) is 20.5. The number of nitrogens with zero attached hydrogens (tertiary/aromatic N) is 4. The molecule has 0 unspecified atom stereocenters. The van der Waals surface area contributed by atoms with Crippen LogP contribution in [0.25, 0.3) is 0 Å². The molecular weight excluding hydrogens is 395 g/mol. The van der Waals surface area contributed by atoms with Crippen LogP contribution in [0.15, 0.2) is 36.9 Å². The summed E-state index contributed by atoms with van der Waals surface area (Å²) in [6.45, 7) is 4.95. The third kappa shape index (κ3) is 5.70. The average Bonchev–Trinajstić information content (AvgIpc) is 3.15. The standard InChI is InChI=1S/C18H21ClF3N5O/c19-15-2-1-14(18(20,21)22)11-16(15)24-17(28)12-26-8-5-25(6-9-26)7-10-27-4-3-23-13-27/h1-4,11,13H,5-10,12H2,(H,24,28). The quantitative estimate of drug-likeness (QED) is 0.788. The highest BCUT2D eigenvalue weighted by Crippen LogP contribution is 2.33. The number of imidazole rings is 1. The Labute approximate surface area is 165 Å². The maximum atomic E-state index is 12.8. The summed E-state index contributed by atoms with van der Waals surface area (Å²) in [5, 5.41) is 2.56. The van der Waals surface area contributed by atoms with Crippen molar-refractivity contribution in [3.63, 3.8) is 0 Å². The molecule has 0 radical (unpaired) electrons. The van der Waals surface area contributed by atoms with Gasteiger partial charge in [0.25, 0.3) is 0 Å². The van der Waals surface area contributed by atoms with Crippen LogP contribution in [-0.2, 0) is 17.5 Å². The van der Waals surface area contributed by atoms with Gasteiger partial charge in [-0.25, -0.2) is 4.98 Å². The first-order valence-corrected chi connectivity index (χ1v) is 9.26. The number of carbonyl (C=O) groups is 1. The van der Waals surface area contributed by atoms with Crippen LogP contribution in [0.4, 0.5) is 18.9 Å². The van der Waals surface area contributed by atoms with Gasteiger partial charge in [-0.3, -0.25) is 14.6 Å². The van der Waals surface area contributed by atoms with Crippen molar-refractivity contribution in [3.05, 3.63) is 47.5 Å². The second-order valence-corrected chi connectivity index (χ2v) is 7.07. The molecule has 28 heavy (non-hydrogen) atoms. The summed E-state index contributed by atoms with van der Waals surface area (Å²) < 4.78 is 40.5. The number of benzene rings is 1. The third-order valence-corrected chi connectivity index (χ3v) is 4.96. The van der Waals surface area contributed by atoms with Gasteiger partial charge in [0.15, 0.2) is 0 Å². The molecule has 1 N–H and O–H groups in total. The van der Waals surface area contributed by atoms with Crippen molar-refractivity contribution in [1.82, 2.24) is 19.4 Å². The van der Waals surface area contributed by atoms with Gasteiger partial charge in [0.05, 0.1) is 29.1 Å². The van der Waals surface area contributed by atoms with Crippen LogP contribution in [0.5, 0.6) is 0 Å². The monoisotopic (exact) mass is 415 g/mol. The molecule has 1 fully saturated rings. The van der Waals surface area contributed by atoms with Crippen molar-refractivity contribution < 1.29 is 18.0 Å². The number of amides is 1. The summed E-state index contributed by atoms with van der Waals surface area (Å²) in [5.41, 5.74) is -0.876. The average molecular weight is 416 g/mol. The molecule has 0 bridgehead atoms. The van der Waals surface area contributed by atoms with Crippen LogP contribution in [-0.4, -0.2) is 64.5 Å². The fraction of sp³-hybridized carbons (Fsp3) is 0.444. The summed E-state index contributed by atoms with van der Waals surface area (Å²) in [7, 11) is 0. The molecule has 6 nitrogen and oxygen atoms in total. The Bertz CT molecular complexity index is 789. The van der Waals surface area contributed by atoms with E-state index in [0.717, 1.165) is 44.4 Å². The highest BCUT2D eigenvalue weighted by Gasteiger charge is 2.31. The van der Waals surface area contributed by atoms with Gasteiger partial charge in [-0.2, -0.15) is 13.2 Å². The Balaban J connectivity index is 1.46. The number of carbonyl (C=O) groups excluding carboxylic acids is 1. The van der Waals surface area contributed by atoms with E-state index in [1.807, 2.05) is 15.7 Å². The van der Waals surface area contributed by atoms with Gasteiger partial charge < -0.3 is 9.88 Å². The number of alkyl halides is 3. The fourth-order valence-corrected chi connectivity index (χ4v) is 3.20. The first kappa shape index (κ1) is 20.6. The normalized spacial score (nSPS) is 16.3. The van der Waals surface area contributed by atoms with Gasteiger partial charge in [-0.05, 0) is 18.2 Å². The second-order valence-electron chi connectivity index (χ2n) is 6.66. The highest BCUT2D eigenvalue weighted by atomic mass is 35.5. The smallest absolute Gasteiger partial charge is 0.336 e. The third-order valence-electron chi connectivity index (χ3n) is 4.63. The minimum absolute atomic E-state index is 0.0274. The zero-order valence-electron chi connectivity index (χ0n) is 15.1. The van der Waals surface area contributed by atoms with E-state index in [0.29, 0.717) is 13.1 Å². The van der Waals surface area contributed by atoms with E-state index in [1.165, 1.54) is 0 Å². The van der Waals surface area contributed by atoms with Gasteiger partial charge in [-0.1, -0.05) is 11.6 Å². The van der Waals surface area contributed by atoms with Crippen LogP contribution in [0.2, 0.25) is 5.02 Å². The van der Waals surface area contributed by atoms with E-state index in [2.05, 4.69) is 15.2 Å². The van der Waals surface area contributed by atoms with Gasteiger partial charge >= 0.3 is 6.18 Å². The molecular formula is C18H21ClF3N5O. The molecule has 2 heterocycles. The molecule has 1 saturated heterocycles. The molecule has 0 aliphatic carbocycles. The fourth-order valence-electron chi connectivity index (χ4n) is 3.04. The van der Waals surface area contributed by atoms with E-state index >= 15 is 0 Å². The Hall–Kier alpha value is -2.10.